The summed E-state index contributed by atoms with van der Waals surface area (Å²) in [5.41, 5.74) is -0.440. The van der Waals surface area contributed by atoms with Gasteiger partial charge in [-0.05, 0) is 31.1 Å². The van der Waals surface area contributed by atoms with Gasteiger partial charge in [-0.1, -0.05) is 0 Å². The van der Waals surface area contributed by atoms with Crippen molar-refractivity contribution in [1.29, 1.82) is 0 Å². The summed E-state index contributed by atoms with van der Waals surface area (Å²) in [6.45, 7) is 0. The molecule has 0 radical (unpaired) electrons. The molecule has 0 aromatic heterocycles. The molecule has 0 heterocycles. The molecule has 0 aliphatic rings. The molecule has 0 amide bonds. The number of ether oxygens (including phenoxy) is 2. The summed E-state index contributed by atoms with van der Waals surface area (Å²) < 4.78 is 19.7. The van der Waals surface area contributed by atoms with Gasteiger partial charge in [0.2, 0.25) is 0 Å². The van der Waals surface area contributed by atoms with Crippen molar-refractivity contribution in [3.8, 4) is 0 Å². The summed E-state index contributed by atoms with van der Waals surface area (Å²) in [6.07, 6.45) is 0. The first-order valence-corrected chi connectivity index (χ1v) is 6.18. The molecule has 0 aliphatic heterocycles. The van der Waals surface area contributed by atoms with Gasteiger partial charge >= 0.3 is 31.4 Å². The molecule has 0 aliphatic carbocycles. The molecule has 9 heteroatoms. The average Bonchev–Trinajstić information content (AvgIpc) is 2.35. The van der Waals surface area contributed by atoms with E-state index in [0.29, 0.717) is 0 Å². The van der Waals surface area contributed by atoms with E-state index in [1.807, 2.05) is 0 Å². The normalized spacial score (nSPS) is 10.3. The van der Waals surface area contributed by atoms with Crippen LogP contribution in [0.15, 0.2) is 18.2 Å². The average molecular weight is 338 g/mol. The van der Waals surface area contributed by atoms with Crippen LogP contribution in [-0.2, 0) is 33.5 Å². The Morgan fingerprint density at radius 3 is 1.63 bits per heavy atom. The first-order valence-electron chi connectivity index (χ1n) is 4.64. The SMILES string of the molecule is COC(=O)c1cc(C(=O)OC)cc(P(=O)([O-])[O-])c1.[Zn+2]. The molecular weight excluding hydrogens is 328 g/mol. The molecule has 0 N–H and O–H groups in total. The number of hydrogen-bond donors (Lipinski definition) is 0. The third-order valence-electron chi connectivity index (χ3n) is 2.08. The van der Waals surface area contributed by atoms with Crippen LogP contribution < -0.4 is 15.1 Å². The monoisotopic (exact) mass is 336 g/mol. The van der Waals surface area contributed by atoms with Gasteiger partial charge in [0.1, 0.15) is 0 Å². The molecule has 0 fully saturated rings. The Hall–Kier alpha value is -1.07. The molecule has 0 unspecified atom stereocenters. The topological polar surface area (TPSA) is 116 Å². The van der Waals surface area contributed by atoms with Gasteiger partial charge in [0.05, 0.1) is 25.3 Å². The number of esters is 2. The van der Waals surface area contributed by atoms with Gasteiger partial charge in [-0.15, -0.1) is 0 Å². The summed E-state index contributed by atoms with van der Waals surface area (Å²) in [5.74, 6) is -1.73. The first kappa shape index (κ1) is 17.9. The van der Waals surface area contributed by atoms with Crippen LogP contribution in [0.5, 0.6) is 0 Å². The van der Waals surface area contributed by atoms with Crippen molar-refractivity contribution >= 4 is 24.8 Å². The summed E-state index contributed by atoms with van der Waals surface area (Å²) >= 11 is 0. The van der Waals surface area contributed by atoms with E-state index in [2.05, 4.69) is 9.47 Å². The van der Waals surface area contributed by atoms with Crippen molar-refractivity contribution < 1.29 is 52.9 Å². The van der Waals surface area contributed by atoms with E-state index in [1.54, 1.807) is 0 Å². The molecule has 0 saturated carbocycles. The summed E-state index contributed by atoms with van der Waals surface area (Å²) in [7, 11) is -2.92. The molecular formula is C10H9O7PZn. The zero-order valence-electron chi connectivity index (χ0n) is 10.2. The van der Waals surface area contributed by atoms with Crippen LogP contribution in [0.4, 0.5) is 0 Å². The van der Waals surface area contributed by atoms with Crippen molar-refractivity contribution in [3.63, 3.8) is 0 Å². The van der Waals surface area contributed by atoms with E-state index in [4.69, 9.17) is 0 Å². The Bertz CT molecular complexity index is 502. The van der Waals surface area contributed by atoms with E-state index in [1.165, 1.54) is 0 Å². The molecule has 1 rings (SSSR count). The second kappa shape index (κ2) is 6.92. The number of benzene rings is 1. The Labute approximate surface area is 121 Å². The smallest absolute Gasteiger partial charge is 0.807 e. The molecule has 7 nitrogen and oxygen atoms in total. The Balaban J connectivity index is 0.00000324. The fourth-order valence-corrected chi connectivity index (χ4v) is 1.84. The summed E-state index contributed by atoms with van der Waals surface area (Å²) in [5, 5.41) is -0.675. The molecule has 0 spiro atoms. The maximum atomic E-state index is 11.3. The van der Waals surface area contributed by atoms with Gasteiger partial charge < -0.3 is 23.8 Å². The van der Waals surface area contributed by atoms with Crippen LogP contribution in [0.3, 0.4) is 0 Å². The van der Waals surface area contributed by atoms with Crippen molar-refractivity contribution in [2.75, 3.05) is 14.2 Å². The molecule has 19 heavy (non-hydrogen) atoms. The predicted molar refractivity (Wildman–Crippen MR) is 56.4 cm³/mol. The minimum Gasteiger partial charge on any atom is -0.807 e. The number of hydrogen-bond acceptors (Lipinski definition) is 7. The maximum Gasteiger partial charge on any atom is 2.00 e. The van der Waals surface area contributed by atoms with Crippen LogP contribution in [-0.4, -0.2) is 26.2 Å². The number of methoxy groups -OCH3 is 2. The molecule has 0 bridgehead atoms. The number of carbonyl (C=O) groups is 2. The van der Waals surface area contributed by atoms with Crippen LogP contribution in [0.1, 0.15) is 20.7 Å². The Morgan fingerprint density at radius 2 is 1.37 bits per heavy atom. The van der Waals surface area contributed by atoms with Gasteiger partial charge in [-0.2, -0.15) is 0 Å². The zero-order chi connectivity index (χ0) is 13.9. The van der Waals surface area contributed by atoms with Crippen molar-refractivity contribution in [2.24, 2.45) is 0 Å². The minimum atomic E-state index is -5.09. The van der Waals surface area contributed by atoms with Crippen LogP contribution in [0.25, 0.3) is 0 Å². The Morgan fingerprint density at radius 1 is 1.00 bits per heavy atom. The summed E-state index contributed by atoms with van der Waals surface area (Å²) in [4.78, 5) is 44.4. The van der Waals surface area contributed by atoms with Crippen LogP contribution >= 0.6 is 7.60 Å². The third kappa shape index (κ3) is 4.51. The van der Waals surface area contributed by atoms with Crippen molar-refractivity contribution in [2.45, 2.75) is 0 Å². The number of rotatable bonds is 3. The fraction of sp³-hybridized carbons (Fsp3) is 0.200. The van der Waals surface area contributed by atoms with Gasteiger partial charge in [0, 0.05) is 0 Å². The second-order valence-corrected chi connectivity index (χ2v) is 4.76. The molecule has 1 aromatic rings. The number of carbonyl (C=O) groups excluding carboxylic acids is 2. The second-order valence-electron chi connectivity index (χ2n) is 3.25. The van der Waals surface area contributed by atoms with E-state index in [9.17, 15) is 23.9 Å². The minimum absolute atomic E-state index is 0. The Kier molecular flexibility index (Phi) is 6.53. The van der Waals surface area contributed by atoms with Crippen molar-refractivity contribution in [1.82, 2.24) is 0 Å². The standard InChI is InChI=1S/C10H11O7P.Zn/c1-16-9(11)6-3-7(10(12)17-2)5-8(4-6)18(13,14)15;/h3-5H,1-2H3,(H2,13,14,15);/q;+2/p-2. The molecule has 98 valence electrons. The summed E-state index contributed by atoms with van der Waals surface area (Å²) in [6, 6.07) is 2.77. The third-order valence-corrected chi connectivity index (χ3v) is 2.97. The molecule has 1 aromatic carbocycles. The zero-order valence-corrected chi connectivity index (χ0v) is 14.1. The quantitative estimate of drug-likeness (QED) is 0.386. The maximum absolute atomic E-state index is 11.3. The van der Waals surface area contributed by atoms with E-state index in [-0.39, 0.29) is 30.6 Å². The van der Waals surface area contributed by atoms with E-state index in [0.717, 1.165) is 32.4 Å². The van der Waals surface area contributed by atoms with Gasteiger partial charge in [-0.3, -0.25) is 0 Å². The van der Waals surface area contributed by atoms with Gasteiger partial charge in [-0.25, -0.2) is 9.59 Å². The molecule has 0 atom stereocenters. The molecule has 0 saturated heterocycles. The van der Waals surface area contributed by atoms with Crippen LogP contribution in [0.2, 0.25) is 0 Å². The largest absolute Gasteiger partial charge is 2.00 e. The predicted octanol–water partition coefficient (Wildman–Crippen LogP) is -1.20. The van der Waals surface area contributed by atoms with Gasteiger partial charge in [0.25, 0.3) is 0 Å². The van der Waals surface area contributed by atoms with E-state index >= 15 is 0 Å². The van der Waals surface area contributed by atoms with Gasteiger partial charge in [0.15, 0.2) is 0 Å². The van der Waals surface area contributed by atoms with E-state index < -0.39 is 24.8 Å². The first-order chi connectivity index (χ1) is 8.29. The van der Waals surface area contributed by atoms with Crippen molar-refractivity contribution in [3.05, 3.63) is 29.3 Å². The van der Waals surface area contributed by atoms with Crippen LogP contribution in [0, 0.1) is 0 Å². The fourth-order valence-electron chi connectivity index (χ4n) is 1.24.